The summed E-state index contributed by atoms with van der Waals surface area (Å²) in [5.41, 5.74) is 0.875. The summed E-state index contributed by atoms with van der Waals surface area (Å²) in [5, 5.41) is 3.07. The van der Waals surface area contributed by atoms with Gasteiger partial charge >= 0.3 is 0 Å². The predicted molar refractivity (Wildman–Crippen MR) is 108 cm³/mol. The largest absolute Gasteiger partial charge is 0.493 e. The molecule has 0 unspecified atom stereocenters. The molecule has 0 radical (unpaired) electrons. The number of benzene rings is 1. The van der Waals surface area contributed by atoms with Gasteiger partial charge in [0.2, 0.25) is 11.8 Å². The number of hydrogen-bond acceptors (Lipinski definition) is 5. The van der Waals surface area contributed by atoms with Gasteiger partial charge in [-0.15, -0.1) is 0 Å². The van der Waals surface area contributed by atoms with Crippen LogP contribution in [0.25, 0.3) is 6.08 Å². The van der Waals surface area contributed by atoms with Gasteiger partial charge < -0.3 is 19.5 Å². The quantitative estimate of drug-likeness (QED) is 0.741. The average molecular weight is 382 g/mol. The lowest BCUT2D eigenvalue weighted by Gasteiger charge is -2.28. The maximum atomic E-state index is 12.2. The number of nitrogens with zero attached hydrogens (tertiary/aromatic N) is 1. The minimum absolute atomic E-state index is 0.0936. The molecule has 0 aliphatic heterocycles. The molecule has 1 saturated carbocycles. The summed E-state index contributed by atoms with van der Waals surface area (Å²) < 4.78 is 16.4. The van der Waals surface area contributed by atoms with Crippen molar-refractivity contribution in [1.29, 1.82) is 0 Å². The van der Waals surface area contributed by atoms with Gasteiger partial charge in [-0.2, -0.15) is 0 Å². The van der Waals surface area contributed by atoms with Crippen LogP contribution in [0.1, 0.15) is 31.2 Å². The van der Waals surface area contributed by atoms with E-state index >= 15 is 0 Å². The van der Waals surface area contributed by atoms with Crippen LogP contribution in [0, 0.1) is 0 Å². The van der Waals surface area contributed by atoms with E-state index in [1.807, 2.05) is 36.4 Å². The normalized spacial score (nSPS) is 19.2. The highest BCUT2D eigenvalue weighted by atomic mass is 16.5. The number of ether oxygens (including phenoxy) is 3. The van der Waals surface area contributed by atoms with Gasteiger partial charge in [0, 0.05) is 24.4 Å². The molecule has 28 heavy (non-hydrogen) atoms. The first-order valence-corrected chi connectivity index (χ1v) is 9.46. The van der Waals surface area contributed by atoms with Gasteiger partial charge in [-0.3, -0.25) is 4.79 Å². The van der Waals surface area contributed by atoms with E-state index < -0.39 is 0 Å². The van der Waals surface area contributed by atoms with E-state index in [2.05, 4.69) is 10.3 Å². The maximum Gasteiger partial charge on any atom is 0.244 e. The number of rotatable bonds is 7. The van der Waals surface area contributed by atoms with Crippen molar-refractivity contribution in [2.45, 2.75) is 37.8 Å². The summed E-state index contributed by atoms with van der Waals surface area (Å²) in [6, 6.07) is 11.4. The minimum atomic E-state index is -0.0936. The third-order valence-corrected chi connectivity index (χ3v) is 4.78. The molecule has 0 spiro atoms. The number of methoxy groups -OCH3 is 2. The van der Waals surface area contributed by atoms with Crippen molar-refractivity contribution in [3.05, 3.63) is 54.2 Å². The summed E-state index contributed by atoms with van der Waals surface area (Å²) in [5.74, 6) is 1.86. The molecule has 0 saturated heterocycles. The van der Waals surface area contributed by atoms with E-state index in [-0.39, 0.29) is 18.1 Å². The average Bonchev–Trinajstić information content (AvgIpc) is 2.74. The fourth-order valence-corrected chi connectivity index (χ4v) is 3.29. The van der Waals surface area contributed by atoms with Gasteiger partial charge in [0.1, 0.15) is 6.10 Å². The van der Waals surface area contributed by atoms with Gasteiger partial charge in [0.25, 0.3) is 0 Å². The molecule has 3 rings (SSSR count). The van der Waals surface area contributed by atoms with Crippen molar-refractivity contribution < 1.29 is 19.0 Å². The second-order valence-electron chi connectivity index (χ2n) is 6.72. The molecule has 1 N–H and O–H groups in total. The molecule has 1 amide bonds. The van der Waals surface area contributed by atoms with Gasteiger partial charge in [-0.1, -0.05) is 12.1 Å². The summed E-state index contributed by atoms with van der Waals surface area (Å²) >= 11 is 0. The Morgan fingerprint density at radius 2 is 1.86 bits per heavy atom. The van der Waals surface area contributed by atoms with Crippen molar-refractivity contribution in [2.75, 3.05) is 14.2 Å². The van der Waals surface area contributed by atoms with Crippen LogP contribution in [-0.4, -0.2) is 37.3 Å². The highest BCUT2D eigenvalue weighted by molar-refractivity contribution is 5.92. The van der Waals surface area contributed by atoms with Crippen molar-refractivity contribution in [3.63, 3.8) is 0 Å². The van der Waals surface area contributed by atoms with Crippen molar-refractivity contribution in [1.82, 2.24) is 10.3 Å². The SMILES string of the molecule is COc1ccc(/C=C/C(=O)NC2CCC(Oc3ccccn3)CC2)cc1OC. The number of amides is 1. The van der Waals surface area contributed by atoms with Crippen LogP contribution in [0.2, 0.25) is 0 Å². The smallest absolute Gasteiger partial charge is 0.244 e. The van der Waals surface area contributed by atoms with Crippen LogP contribution in [0.3, 0.4) is 0 Å². The number of pyridine rings is 1. The first-order valence-electron chi connectivity index (χ1n) is 9.46. The van der Waals surface area contributed by atoms with Crippen LogP contribution in [0.15, 0.2) is 48.7 Å². The lowest BCUT2D eigenvalue weighted by atomic mass is 9.93. The number of hydrogen-bond donors (Lipinski definition) is 1. The Labute approximate surface area is 165 Å². The highest BCUT2D eigenvalue weighted by Gasteiger charge is 2.23. The van der Waals surface area contributed by atoms with Gasteiger partial charge in [0.05, 0.1) is 14.2 Å². The summed E-state index contributed by atoms with van der Waals surface area (Å²) in [6.07, 6.45) is 8.81. The van der Waals surface area contributed by atoms with Crippen LogP contribution in [0.5, 0.6) is 17.4 Å². The topological polar surface area (TPSA) is 69.7 Å². The van der Waals surface area contributed by atoms with E-state index in [0.717, 1.165) is 31.2 Å². The molecular weight excluding hydrogens is 356 g/mol. The fourth-order valence-electron chi connectivity index (χ4n) is 3.29. The minimum Gasteiger partial charge on any atom is -0.493 e. The van der Waals surface area contributed by atoms with Crippen LogP contribution < -0.4 is 19.5 Å². The van der Waals surface area contributed by atoms with E-state index in [4.69, 9.17) is 14.2 Å². The molecule has 0 bridgehead atoms. The predicted octanol–water partition coefficient (Wildman–Crippen LogP) is 3.62. The zero-order chi connectivity index (χ0) is 19.8. The molecule has 6 heteroatoms. The summed E-state index contributed by atoms with van der Waals surface area (Å²) in [4.78, 5) is 16.4. The molecule has 148 valence electrons. The van der Waals surface area contributed by atoms with Crippen molar-refractivity contribution >= 4 is 12.0 Å². The van der Waals surface area contributed by atoms with E-state index in [0.29, 0.717) is 17.4 Å². The molecular formula is C22H26N2O4. The van der Waals surface area contributed by atoms with E-state index in [1.54, 1.807) is 32.6 Å². The number of carbonyl (C=O) groups is 1. The Morgan fingerprint density at radius 3 is 2.54 bits per heavy atom. The molecule has 1 aromatic carbocycles. The molecule has 0 atom stereocenters. The molecule has 1 aromatic heterocycles. The Morgan fingerprint density at radius 1 is 1.07 bits per heavy atom. The zero-order valence-electron chi connectivity index (χ0n) is 16.3. The maximum absolute atomic E-state index is 12.2. The Balaban J connectivity index is 1.46. The number of aromatic nitrogens is 1. The number of nitrogens with one attached hydrogen (secondary N) is 1. The van der Waals surface area contributed by atoms with E-state index in [1.165, 1.54) is 0 Å². The molecule has 2 aromatic rings. The molecule has 1 aliphatic carbocycles. The van der Waals surface area contributed by atoms with Crippen molar-refractivity contribution in [3.8, 4) is 17.4 Å². The van der Waals surface area contributed by atoms with Gasteiger partial charge in [-0.25, -0.2) is 4.98 Å². The van der Waals surface area contributed by atoms with E-state index in [9.17, 15) is 4.79 Å². The molecule has 1 fully saturated rings. The van der Waals surface area contributed by atoms with Crippen LogP contribution in [-0.2, 0) is 4.79 Å². The van der Waals surface area contributed by atoms with Crippen LogP contribution in [0.4, 0.5) is 0 Å². The van der Waals surface area contributed by atoms with Gasteiger partial charge in [0.15, 0.2) is 11.5 Å². The summed E-state index contributed by atoms with van der Waals surface area (Å²) in [7, 11) is 3.18. The lowest BCUT2D eigenvalue weighted by molar-refractivity contribution is -0.117. The third kappa shape index (κ3) is 5.49. The first kappa shape index (κ1) is 19.7. The van der Waals surface area contributed by atoms with Gasteiger partial charge in [-0.05, 0) is 55.5 Å². The molecule has 6 nitrogen and oxygen atoms in total. The Bertz CT molecular complexity index is 799. The van der Waals surface area contributed by atoms with Crippen molar-refractivity contribution in [2.24, 2.45) is 0 Å². The summed E-state index contributed by atoms with van der Waals surface area (Å²) in [6.45, 7) is 0. The fraction of sp³-hybridized carbons (Fsp3) is 0.364. The molecule has 1 aliphatic rings. The third-order valence-electron chi connectivity index (χ3n) is 4.78. The lowest BCUT2D eigenvalue weighted by Crippen LogP contribution is -2.39. The first-order chi connectivity index (χ1) is 13.7. The van der Waals surface area contributed by atoms with Crippen LogP contribution >= 0.6 is 0 Å². The Kier molecular flexibility index (Phi) is 6.89. The number of carbonyl (C=O) groups excluding carboxylic acids is 1. The molecule has 1 heterocycles. The second-order valence-corrected chi connectivity index (χ2v) is 6.72. The Hall–Kier alpha value is -3.02. The monoisotopic (exact) mass is 382 g/mol. The standard InChI is InChI=1S/C22H26N2O4/c1-26-19-12-6-16(15-20(19)27-2)7-13-21(25)24-17-8-10-18(11-9-17)28-22-5-3-4-14-23-22/h3-7,12-15,17-18H,8-11H2,1-2H3,(H,24,25)/b13-7+. The highest BCUT2D eigenvalue weighted by Crippen LogP contribution is 2.28. The second kappa shape index (κ2) is 9.78. The zero-order valence-corrected chi connectivity index (χ0v) is 16.3.